The first-order chi connectivity index (χ1) is 14.3. The summed E-state index contributed by atoms with van der Waals surface area (Å²) in [6.07, 6.45) is 0. The maximum Gasteiger partial charge on any atom is 0.329 e. The number of anilines is 2. The number of likely N-dealkylation sites (N-methyl/N-ethyl adjacent to an activating group) is 1. The molecule has 160 valence electrons. The first-order valence-corrected chi connectivity index (χ1v) is 10.5. The van der Waals surface area contributed by atoms with Crippen molar-refractivity contribution in [3.63, 3.8) is 0 Å². The molecule has 1 atom stereocenters. The predicted molar refractivity (Wildman–Crippen MR) is 119 cm³/mol. The molecule has 9 heteroatoms. The van der Waals surface area contributed by atoms with Crippen LogP contribution in [0.4, 0.5) is 16.2 Å². The standard InChI is InChI=1S/C21H24Cl2N4O3/c1-3-26(4-2)12-11-24-19(28)21(30)15-7-5-6-8-18(15)25-20(29)27(21)14-9-10-16(22)17(23)13-14/h5-10,13,30H,3-4,11-12H2,1-2H3,(H,24,28)(H,25,29)/t21-/m0/s1. The summed E-state index contributed by atoms with van der Waals surface area (Å²) in [5, 5.41) is 17.7. The predicted octanol–water partition coefficient (Wildman–Crippen LogP) is 3.65. The van der Waals surface area contributed by atoms with E-state index in [-0.39, 0.29) is 16.3 Å². The number of amides is 3. The van der Waals surface area contributed by atoms with E-state index < -0.39 is 17.7 Å². The van der Waals surface area contributed by atoms with Crippen LogP contribution in [0.3, 0.4) is 0 Å². The van der Waals surface area contributed by atoms with Crippen LogP contribution in [0.2, 0.25) is 10.0 Å². The van der Waals surface area contributed by atoms with Gasteiger partial charge in [-0.15, -0.1) is 0 Å². The van der Waals surface area contributed by atoms with Gasteiger partial charge in [-0.2, -0.15) is 0 Å². The largest absolute Gasteiger partial charge is 0.359 e. The molecule has 0 spiro atoms. The van der Waals surface area contributed by atoms with Gasteiger partial charge in [0.25, 0.3) is 11.6 Å². The van der Waals surface area contributed by atoms with Crippen molar-refractivity contribution in [2.24, 2.45) is 0 Å². The van der Waals surface area contributed by atoms with E-state index in [0.29, 0.717) is 23.8 Å². The van der Waals surface area contributed by atoms with E-state index in [2.05, 4.69) is 15.5 Å². The highest BCUT2D eigenvalue weighted by Crippen LogP contribution is 2.41. The topological polar surface area (TPSA) is 84.9 Å². The van der Waals surface area contributed by atoms with Crippen LogP contribution in [0.15, 0.2) is 42.5 Å². The molecule has 3 amide bonds. The minimum Gasteiger partial charge on any atom is -0.359 e. The molecule has 1 aliphatic rings. The quantitative estimate of drug-likeness (QED) is 0.600. The molecule has 0 aromatic heterocycles. The average molecular weight is 451 g/mol. The van der Waals surface area contributed by atoms with Gasteiger partial charge in [-0.25, -0.2) is 4.79 Å². The zero-order valence-electron chi connectivity index (χ0n) is 16.8. The lowest BCUT2D eigenvalue weighted by Crippen LogP contribution is -2.63. The van der Waals surface area contributed by atoms with Gasteiger partial charge in [-0.3, -0.25) is 9.69 Å². The van der Waals surface area contributed by atoms with E-state index in [9.17, 15) is 14.7 Å². The molecule has 2 aromatic carbocycles. The minimum absolute atomic E-state index is 0.199. The van der Waals surface area contributed by atoms with Crippen molar-refractivity contribution in [2.45, 2.75) is 19.6 Å². The fourth-order valence-corrected chi connectivity index (χ4v) is 3.77. The number of carbonyl (C=O) groups excluding carboxylic acids is 2. The molecule has 0 unspecified atom stereocenters. The number of carbonyl (C=O) groups is 2. The normalized spacial score (nSPS) is 18.2. The summed E-state index contributed by atoms with van der Waals surface area (Å²) >= 11 is 12.1. The van der Waals surface area contributed by atoms with Crippen molar-refractivity contribution in [3.8, 4) is 0 Å². The minimum atomic E-state index is -2.26. The summed E-state index contributed by atoms with van der Waals surface area (Å²) in [7, 11) is 0. The van der Waals surface area contributed by atoms with E-state index in [1.807, 2.05) is 13.8 Å². The number of halogens is 2. The van der Waals surface area contributed by atoms with E-state index in [1.54, 1.807) is 24.3 Å². The van der Waals surface area contributed by atoms with Gasteiger partial charge in [-0.05, 0) is 37.4 Å². The second-order valence-electron chi connectivity index (χ2n) is 6.86. The Bertz CT molecular complexity index is 952. The van der Waals surface area contributed by atoms with Crippen LogP contribution in [0.5, 0.6) is 0 Å². The molecular weight excluding hydrogens is 427 g/mol. The Morgan fingerprint density at radius 3 is 2.53 bits per heavy atom. The van der Waals surface area contributed by atoms with Crippen LogP contribution in [0.25, 0.3) is 0 Å². The third-order valence-corrected chi connectivity index (χ3v) is 5.90. The van der Waals surface area contributed by atoms with Gasteiger partial charge in [0.05, 0.1) is 21.4 Å². The van der Waals surface area contributed by atoms with Crippen LogP contribution in [0.1, 0.15) is 19.4 Å². The van der Waals surface area contributed by atoms with Crippen molar-refractivity contribution < 1.29 is 14.7 Å². The second-order valence-corrected chi connectivity index (χ2v) is 7.68. The van der Waals surface area contributed by atoms with Crippen LogP contribution in [-0.2, 0) is 10.5 Å². The van der Waals surface area contributed by atoms with Gasteiger partial charge < -0.3 is 20.6 Å². The number of hydrogen-bond donors (Lipinski definition) is 3. The summed E-state index contributed by atoms with van der Waals surface area (Å²) in [4.78, 5) is 29.3. The van der Waals surface area contributed by atoms with Crippen molar-refractivity contribution >= 4 is 46.5 Å². The number of hydrogen-bond acceptors (Lipinski definition) is 4. The highest BCUT2D eigenvalue weighted by atomic mass is 35.5. The van der Waals surface area contributed by atoms with Gasteiger partial charge in [0.1, 0.15) is 0 Å². The smallest absolute Gasteiger partial charge is 0.329 e. The Morgan fingerprint density at radius 2 is 1.87 bits per heavy atom. The number of benzene rings is 2. The number of fused-ring (bicyclic) bond motifs is 1. The number of urea groups is 1. The van der Waals surface area contributed by atoms with E-state index in [4.69, 9.17) is 23.2 Å². The summed E-state index contributed by atoms with van der Waals surface area (Å²) < 4.78 is 0. The number of rotatable bonds is 7. The Kier molecular flexibility index (Phi) is 6.88. The maximum atomic E-state index is 13.3. The molecule has 1 aliphatic heterocycles. The molecule has 1 heterocycles. The SMILES string of the molecule is CCN(CC)CCNC(=O)[C@@]1(O)c2ccccc2NC(=O)N1c1ccc(Cl)c(Cl)c1. The lowest BCUT2D eigenvalue weighted by atomic mass is 9.95. The first-order valence-electron chi connectivity index (χ1n) is 9.71. The van der Waals surface area contributed by atoms with Gasteiger partial charge in [0, 0.05) is 18.7 Å². The molecule has 0 saturated heterocycles. The van der Waals surface area contributed by atoms with Crippen molar-refractivity contribution in [1.29, 1.82) is 0 Å². The summed E-state index contributed by atoms with van der Waals surface area (Å²) in [6, 6.07) is 10.4. The number of nitrogens with zero attached hydrogens (tertiary/aromatic N) is 2. The molecule has 0 bridgehead atoms. The summed E-state index contributed by atoms with van der Waals surface area (Å²) in [5.74, 6) is -0.706. The molecule has 7 nitrogen and oxygen atoms in total. The fourth-order valence-electron chi connectivity index (χ4n) is 3.48. The zero-order chi connectivity index (χ0) is 21.9. The van der Waals surface area contributed by atoms with Crippen LogP contribution < -0.4 is 15.5 Å². The van der Waals surface area contributed by atoms with Crippen molar-refractivity contribution in [2.75, 3.05) is 36.4 Å². The summed E-state index contributed by atoms with van der Waals surface area (Å²) in [5.41, 5.74) is -1.41. The second kappa shape index (κ2) is 9.22. The number of nitrogens with one attached hydrogen (secondary N) is 2. The Hall–Kier alpha value is -2.32. The van der Waals surface area contributed by atoms with E-state index >= 15 is 0 Å². The van der Waals surface area contributed by atoms with Gasteiger partial charge in [0.2, 0.25) is 0 Å². The Balaban J connectivity index is 2.01. The number of aliphatic hydroxyl groups is 1. The molecular formula is C21H24Cl2N4O3. The van der Waals surface area contributed by atoms with E-state index in [1.165, 1.54) is 18.2 Å². The monoisotopic (exact) mass is 450 g/mol. The third kappa shape index (κ3) is 4.11. The molecule has 0 aliphatic carbocycles. The molecule has 0 saturated carbocycles. The third-order valence-electron chi connectivity index (χ3n) is 5.16. The number of para-hydroxylation sites is 1. The van der Waals surface area contributed by atoms with Crippen LogP contribution >= 0.6 is 23.2 Å². The first kappa shape index (κ1) is 22.4. The zero-order valence-corrected chi connectivity index (χ0v) is 18.3. The van der Waals surface area contributed by atoms with Crippen molar-refractivity contribution in [3.05, 3.63) is 58.1 Å². The van der Waals surface area contributed by atoms with Gasteiger partial charge >= 0.3 is 6.03 Å². The van der Waals surface area contributed by atoms with Gasteiger partial charge in [-0.1, -0.05) is 55.2 Å². The van der Waals surface area contributed by atoms with Crippen LogP contribution in [-0.4, -0.2) is 48.1 Å². The van der Waals surface area contributed by atoms with Crippen LogP contribution in [0, 0.1) is 0 Å². The molecule has 3 N–H and O–H groups in total. The molecule has 3 rings (SSSR count). The van der Waals surface area contributed by atoms with Crippen molar-refractivity contribution in [1.82, 2.24) is 10.2 Å². The van der Waals surface area contributed by atoms with Gasteiger partial charge in [0.15, 0.2) is 0 Å². The highest BCUT2D eigenvalue weighted by Gasteiger charge is 2.51. The lowest BCUT2D eigenvalue weighted by Gasteiger charge is -2.42. The average Bonchev–Trinajstić information content (AvgIpc) is 2.73. The highest BCUT2D eigenvalue weighted by molar-refractivity contribution is 6.42. The Morgan fingerprint density at radius 1 is 1.17 bits per heavy atom. The molecule has 0 fully saturated rings. The molecule has 30 heavy (non-hydrogen) atoms. The fraction of sp³-hybridized carbons (Fsp3) is 0.333. The van der Waals surface area contributed by atoms with E-state index in [0.717, 1.165) is 18.0 Å². The molecule has 0 radical (unpaired) electrons. The maximum absolute atomic E-state index is 13.3. The lowest BCUT2D eigenvalue weighted by molar-refractivity contribution is -0.140. The Labute approximate surface area is 185 Å². The molecule has 2 aromatic rings. The summed E-state index contributed by atoms with van der Waals surface area (Å²) in [6.45, 7) is 6.70.